The first-order chi connectivity index (χ1) is 8.61. The number of hydrogen-bond acceptors (Lipinski definition) is 3. The average molecular weight is 255 g/mol. The molecule has 0 bridgehead atoms. The van der Waals surface area contributed by atoms with E-state index < -0.39 is 0 Å². The van der Waals surface area contributed by atoms with Gasteiger partial charge in [-0.1, -0.05) is 20.8 Å². The summed E-state index contributed by atoms with van der Waals surface area (Å²) in [5, 5.41) is 0. The molecule has 3 heteroatoms. The van der Waals surface area contributed by atoms with Gasteiger partial charge in [0.25, 0.3) is 0 Å². The van der Waals surface area contributed by atoms with Crippen LogP contribution in [0.5, 0.6) is 0 Å². The zero-order valence-corrected chi connectivity index (χ0v) is 12.7. The van der Waals surface area contributed by atoms with Crippen molar-refractivity contribution in [3.63, 3.8) is 0 Å². The van der Waals surface area contributed by atoms with Gasteiger partial charge in [-0.15, -0.1) is 0 Å². The molecule has 0 saturated carbocycles. The van der Waals surface area contributed by atoms with Gasteiger partial charge >= 0.3 is 0 Å². The van der Waals surface area contributed by atoms with Crippen molar-refractivity contribution < 1.29 is 0 Å². The van der Waals surface area contributed by atoms with E-state index in [1.54, 1.807) is 0 Å². The van der Waals surface area contributed by atoms with E-state index in [1.165, 1.54) is 58.5 Å². The monoisotopic (exact) mass is 255 g/mol. The molecule has 1 rings (SSSR count). The summed E-state index contributed by atoms with van der Waals surface area (Å²) in [5.74, 6) is 1.48. The average Bonchev–Trinajstić information content (AvgIpc) is 2.54. The van der Waals surface area contributed by atoms with Crippen LogP contribution < -0.4 is 5.73 Å². The third kappa shape index (κ3) is 6.72. The fourth-order valence-electron chi connectivity index (χ4n) is 2.67. The third-order valence-corrected chi connectivity index (χ3v) is 3.91. The Morgan fingerprint density at radius 2 is 1.67 bits per heavy atom. The van der Waals surface area contributed by atoms with Gasteiger partial charge < -0.3 is 15.5 Å². The molecule has 108 valence electrons. The Morgan fingerprint density at radius 3 is 2.33 bits per heavy atom. The van der Waals surface area contributed by atoms with Gasteiger partial charge in [0.2, 0.25) is 0 Å². The van der Waals surface area contributed by atoms with Crippen molar-refractivity contribution in [3.05, 3.63) is 0 Å². The SMILES string of the molecule is CC(C)CCCN1CCCN(CC(C)CN)CC1. The Bertz CT molecular complexity index is 206. The molecule has 0 spiro atoms. The fourth-order valence-corrected chi connectivity index (χ4v) is 2.67. The molecule has 1 saturated heterocycles. The Kier molecular flexibility index (Phi) is 7.87. The maximum Gasteiger partial charge on any atom is 0.0109 e. The molecule has 1 heterocycles. The highest BCUT2D eigenvalue weighted by molar-refractivity contribution is 4.71. The van der Waals surface area contributed by atoms with Crippen LogP contribution in [0.4, 0.5) is 0 Å². The van der Waals surface area contributed by atoms with Gasteiger partial charge in [0.15, 0.2) is 0 Å². The zero-order valence-electron chi connectivity index (χ0n) is 12.7. The first kappa shape index (κ1) is 15.9. The maximum absolute atomic E-state index is 5.71. The molecule has 0 radical (unpaired) electrons. The van der Waals surface area contributed by atoms with Crippen molar-refractivity contribution in [1.82, 2.24) is 9.80 Å². The van der Waals surface area contributed by atoms with Crippen LogP contribution in [0.2, 0.25) is 0 Å². The molecule has 1 aliphatic rings. The summed E-state index contributed by atoms with van der Waals surface area (Å²) in [6.45, 7) is 15.2. The fraction of sp³-hybridized carbons (Fsp3) is 1.00. The lowest BCUT2D eigenvalue weighted by Gasteiger charge is -2.24. The van der Waals surface area contributed by atoms with Crippen molar-refractivity contribution in [3.8, 4) is 0 Å². The van der Waals surface area contributed by atoms with Gasteiger partial charge in [-0.3, -0.25) is 0 Å². The lowest BCUT2D eigenvalue weighted by atomic mass is 10.1. The van der Waals surface area contributed by atoms with Crippen LogP contribution in [-0.4, -0.2) is 55.6 Å². The van der Waals surface area contributed by atoms with Gasteiger partial charge in [-0.25, -0.2) is 0 Å². The summed E-state index contributed by atoms with van der Waals surface area (Å²) in [6.07, 6.45) is 4.04. The van der Waals surface area contributed by atoms with E-state index >= 15 is 0 Å². The summed E-state index contributed by atoms with van der Waals surface area (Å²) < 4.78 is 0. The summed E-state index contributed by atoms with van der Waals surface area (Å²) >= 11 is 0. The van der Waals surface area contributed by atoms with E-state index in [0.717, 1.165) is 12.5 Å². The number of rotatable bonds is 7. The van der Waals surface area contributed by atoms with Crippen molar-refractivity contribution in [1.29, 1.82) is 0 Å². The Hall–Kier alpha value is -0.120. The second kappa shape index (κ2) is 8.89. The van der Waals surface area contributed by atoms with E-state index in [4.69, 9.17) is 5.73 Å². The van der Waals surface area contributed by atoms with Crippen LogP contribution in [0.3, 0.4) is 0 Å². The molecule has 3 nitrogen and oxygen atoms in total. The molecule has 1 fully saturated rings. The van der Waals surface area contributed by atoms with Gasteiger partial charge in [0.1, 0.15) is 0 Å². The summed E-state index contributed by atoms with van der Waals surface area (Å²) in [4.78, 5) is 5.25. The molecule has 1 atom stereocenters. The van der Waals surface area contributed by atoms with Crippen molar-refractivity contribution in [2.45, 2.75) is 40.0 Å². The molecule has 0 aromatic heterocycles. The minimum Gasteiger partial charge on any atom is -0.330 e. The molecule has 0 amide bonds. The van der Waals surface area contributed by atoms with Crippen LogP contribution in [0.15, 0.2) is 0 Å². The van der Waals surface area contributed by atoms with Crippen LogP contribution >= 0.6 is 0 Å². The predicted octanol–water partition coefficient (Wildman–Crippen LogP) is 2.03. The lowest BCUT2D eigenvalue weighted by Crippen LogP contribution is -2.35. The second-order valence-corrected chi connectivity index (χ2v) is 6.37. The topological polar surface area (TPSA) is 32.5 Å². The first-order valence-corrected chi connectivity index (χ1v) is 7.76. The summed E-state index contributed by atoms with van der Waals surface area (Å²) in [6, 6.07) is 0. The molecule has 0 aliphatic carbocycles. The maximum atomic E-state index is 5.71. The van der Waals surface area contributed by atoms with E-state index in [-0.39, 0.29) is 0 Å². The molecule has 0 aromatic rings. The van der Waals surface area contributed by atoms with Gasteiger partial charge in [-0.2, -0.15) is 0 Å². The van der Waals surface area contributed by atoms with Crippen LogP contribution in [0.1, 0.15) is 40.0 Å². The van der Waals surface area contributed by atoms with E-state index in [0.29, 0.717) is 5.92 Å². The molecular formula is C15H33N3. The van der Waals surface area contributed by atoms with Crippen LogP contribution in [0.25, 0.3) is 0 Å². The largest absolute Gasteiger partial charge is 0.330 e. The van der Waals surface area contributed by atoms with E-state index in [2.05, 4.69) is 30.6 Å². The molecule has 0 aromatic carbocycles. The minimum atomic E-state index is 0.637. The first-order valence-electron chi connectivity index (χ1n) is 7.76. The second-order valence-electron chi connectivity index (χ2n) is 6.37. The lowest BCUT2D eigenvalue weighted by molar-refractivity contribution is 0.232. The van der Waals surface area contributed by atoms with Gasteiger partial charge in [0.05, 0.1) is 0 Å². The number of hydrogen-bond donors (Lipinski definition) is 1. The van der Waals surface area contributed by atoms with E-state index in [9.17, 15) is 0 Å². The molecule has 1 unspecified atom stereocenters. The van der Waals surface area contributed by atoms with Crippen molar-refractivity contribution in [2.75, 3.05) is 45.8 Å². The zero-order chi connectivity index (χ0) is 13.4. The highest BCUT2D eigenvalue weighted by Crippen LogP contribution is 2.09. The third-order valence-electron chi connectivity index (χ3n) is 3.91. The predicted molar refractivity (Wildman–Crippen MR) is 79.8 cm³/mol. The molecule has 1 aliphatic heterocycles. The summed E-state index contributed by atoms with van der Waals surface area (Å²) in [5.41, 5.74) is 5.71. The van der Waals surface area contributed by atoms with Crippen molar-refractivity contribution >= 4 is 0 Å². The smallest absolute Gasteiger partial charge is 0.0109 e. The Labute approximate surface area is 114 Å². The minimum absolute atomic E-state index is 0.637. The van der Waals surface area contributed by atoms with Gasteiger partial charge in [-0.05, 0) is 57.3 Å². The number of nitrogens with two attached hydrogens (primary N) is 1. The van der Waals surface area contributed by atoms with Gasteiger partial charge in [0, 0.05) is 19.6 Å². The van der Waals surface area contributed by atoms with Crippen molar-refractivity contribution in [2.24, 2.45) is 17.6 Å². The Morgan fingerprint density at radius 1 is 1.00 bits per heavy atom. The highest BCUT2D eigenvalue weighted by atomic mass is 15.2. The van der Waals surface area contributed by atoms with Crippen LogP contribution in [0, 0.1) is 11.8 Å². The van der Waals surface area contributed by atoms with Crippen LogP contribution in [-0.2, 0) is 0 Å². The Balaban J connectivity index is 2.19. The molecule has 2 N–H and O–H groups in total. The normalized spacial score (nSPS) is 21.2. The quantitative estimate of drug-likeness (QED) is 0.755. The number of nitrogens with zero attached hydrogens (tertiary/aromatic N) is 2. The highest BCUT2D eigenvalue weighted by Gasteiger charge is 2.15. The summed E-state index contributed by atoms with van der Waals surface area (Å²) in [7, 11) is 0. The standard InChI is InChI=1S/C15H33N3/c1-14(2)6-4-7-17-8-5-9-18(11-10-17)13-15(3)12-16/h14-15H,4-13,16H2,1-3H3. The van der Waals surface area contributed by atoms with E-state index in [1.807, 2.05) is 0 Å². The molecular weight excluding hydrogens is 222 g/mol. The molecule has 18 heavy (non-hydrogen) atoms.